The van der Waals surface area contributed by atoms with Crippen LogP contribution < -0.4 is 10.6 Å². The number of nitrogens with zero attached hydrogens (tertiary/aromatic N) is 1. The van der Waals surface area contributed by atoms with E-state index in [0.717, 1.165) is 38.1 Å². The van der Waals surface area contributed by atoms with E-state index in [1.165, 1.54) is 0 Å². The van der Waals surface area contributed by atoms with E-state index in [-0.39, 0.29) is 23.5 Å². The first-order chi connectivity index (χ1) is 9.10. The molecule has 0 aliphatic carbocycles. The van der Waals surface area contributed by atoms with Crippen molar-refractivity contribution in [1.82, 2.24) is 15.5 Å². The number of hydrogen-bond donors (Lipinski definition) is 2. The minimum Gasteiger partial charge on any atom is -0.342 e. The maximum atomic E-state index is 12.0. The molecule has 2 aliphatic rings. The summed E-state index contributed by atoms with van der Waals surface area (Å²) in [5.41, 5.74) is -0.273. The van der Waals surface area contributed by atoms with Crippen molar-refractivity contribution >= 4 is 23.6 Å². The van der Waals surface area contributed by atoms with Gasteiger partial charge in [-0.2, -0.15) is 11.8 Å². The molecule has 6 heteroatoms. The van der Waals surface area contributed by atoms with Gasteiger partial charge in [0.1, 0.15) is 0 Å². The van der Waals surface area contributed by atoms with Crippen molar-refractivity contribution in [2.24, 2.45) is 0 Å². The summed E-state index contributed by atoms with van der Waals surface area (Å²) in [4.78, 5) is 25.5. The molecule has 0 radical (unpaired) electrons. The lowest BCUT2D eigenvalue weighted by molar-refractivity contribution is -0.132. The predicted octanol–water partition coefficient (Wildman–Crippen LogP) is 0.556. The molecular formula is C13H23N3O2S. The van der Waals surface area contributed by atoms with Crippen molar-refractivity contribution < 1.29 is 9.59 Å². The van der Waals surface area contributed by atoms with E-state index in [9.17, 15) is 9.59 Å². The fourth-order valence-corrected chi connectivity index (χ4v) is 3.30. The Balaban J connectivity index is 1.89. The zero-order valence-corrected chi connectivity index (χ0v) is 12.5. The minimum atomic E-state index is -0.273. The molecule has 2 rings (SSSR count). The first-order valence-corrected chi connectivity index (χ1v) is 8.36. The van der Waals surface area contributed by atoms with Crippen LogP contribution in [0.1, 0.15) is 32.6 Å². The Labute approximate surface area is 118 Å². The average Bonchev–Trinajstić information content (AvgIpc) is 2.72. The second kappa shape index (κ2) is 6.13. The zero-order chi connectivity index (χ0) is 13.9. The summed E-state index contributed by atoms with van der Waals surface area (Å²) in [6.07, 6.45) is 5.09. The standard InChI is InChI=1S/C13H23N3O2S/c1-3-11(17)16-7-5-13(6-8-16)14-10(4-9-19-2)12(18)15-13/h10,14H,3-9H2,1-2H3,(H,15,18). The van der Waals surface area contributed by atoms with Crippen LogP contribution in [0, 0.1) is 0 Å². The molecule has 108 valence electrons. The third-order valence-electron chi connectivity index (χ3n) is 4.01. The molecular weight excluding hydrogens is 262 g/mol. The average molecular weight is 285 g/mol. The van der Waals surface area contributed by atoms with E-state index in [1.54, 1.807) is 11.8 Å². The molecule has 2 amide bonds. The maximum absolute atomic E-state index is 12.0. The Morgan fingerprint density at radius 2 is 2.16 bits per heavy atom. The van der Waals surface area contributed by atoms with Crippen molar-refractivity contribution in [1.29, 1.82) is 0 Å². The lowest BCUT2D eigenvalue weighted by Crippen LogP contribution is -2.58. The van der Waals surface area contributed by atoms with E-state index in [0.29, 0.717) is 6.42 Å². The van der Waals surface area contributed by atoms with Crippen LogP contribution in [0.4, 0.5) is 0 Å². The molecule has 19 heavy (non-hydrogen) atoms. The lowest BCUT2D eigenvalue weighted by atomic mass is 9.97. The molecule has 2 aliphatic heterocycles. The van der Waals surface area contributed by atoms with Crippen molar-refractivity contribution in [3.8, 4) is 0 Å². The van der Waals surface area contributed by atoms with Crippen molar-refractivity contribution in [3.05, 3.63) is 0 Å². The third-order valence-corrected chi connectivity index (χ3v) is 4.66. The van der Waals surface area contributed by atoms with Crippen LogP contribution in [0.3, 0.4) is 0 Å². The number of piperidine rings is 1. The van der Waals surface area contributed by atoms with E-state index in [2.05, 4.69) is 16.9 Å². The van der Waals surface area contributed by atoms with Crippen LogP contribution in [-0.2, 0) is 9.59 Å². The fourth-order valence-electron chi connectivity index (χ4n) is 2.83. The summed E-state index contributed by atoms with van der Waals surface area (Å²) >= 11 is 1.76. The first-order valence-electron chi connectivity index (χ1n) is 6.96. The highest BCUT2D eigenvalue weighted by Gasteiger charge is 2.45. The molecule has 0 aromatic rings. The summed E-state index contributed by atoms with van der Waals surface area (Å²) in [7, 11) is 0. The molecule has 0 bridgehead atoms. The van der Waals surface area contributed by atoms with Gasteiger partial charge in [0.15, 0.2) is 0 Å². The molecule has 2 saturated heterocycles. The summed E-state index contributed by atoms with van der Waals surface area (Å²) in [5.74, 6) is 1.31. The smallest absolute Gasteiger partial charge is 0.238 e. The van der Waals surface area contributed by atoms with Gasteiger partial charge in [0.05, 0.1) is 11.7 Å². The monoisotopic (exact) mass is 285 g/mol. The van der Waals surface area contributed by atoms with Gasteiger partial charge in [-0.25, -0.2) is 0 Å². The van der Waals surface area contributed by atoms with Gasteiger partial charge in [0.2, 0.25) is 11.8 Å². The Hall–Kier alpha value is -0.750. The van der Waals surface area contributed by atoms with E-state index in [1.807, 2.05) is 11.8 Å². The molecule has 1 unspecified atom stereocenters. The second-order valence-corrected chi connectivity index (χ2v) is 6.27. The van der Waals surface area contributed by atoms with Crippen LogP contribution in [0.25, 0.3) is 0 Å². The Morgan fingerprint density at radius 3 is 2.74 bits per heavy atom. The summed E-state index contributed by atoms with van der Waals surface area (Å²) in [6, 6.07) is -0.0686. The molecule has 2 heterocycles. The molecule has 0 aromatic heterocycles. The summed E-state index contributed by atoms with van der Waals surface area (Å²) in [6.45, 7) is 3.35. The van der Waals surface area contributed by atoms with Crippen LogP contribution >= 0.6 is 11.8 Å². The van der Waals surface area contributed by atoms with Crippen LogP contribution in [0.15, 0.2) is 0 Å². The van der Waals surface area contributed by atoms with Gasteiger partial charge in [-0.1, -0.05) is 6.92 Å². The number of hydrogen-bond acceptors (Lipinski definition) is 4. The maximum Gasteiger partial charge on any atom is 0.238 e. The first kappa shape index (κ1) is 14.7. The number of likely N-dealkylation sites (tertiary alicyclic amines) is 1. The Kier molecular flexibility index (Phi) is 4.73. The number of thioether (sulfide) groups is 1. The van der Waals surface area contributed by atoms with Gasteiger partial charge in [-0.15, -0.1) is 0 Å². The summed E-state index contributed by atoms with van der Waals surface area (Å²) < 4.78 is 0. The molecule has 2 N–H and O–H groups in total. The zero-order valence-electron chi connectivity index (χ0n) is 11.7. The number of carbonyl (C=O) groups excluding carboxylic acids is 2. The Bertz CT molecular complexity index is 354. The number of amides is 2. The normalized spacial score (nSPS) is 25.7. The molecule has 5 nitrogen and oxygen atoms in total. The number of rotatable bonds is 4. The van der Waals surface area contributed by atoms with Gasteiger partial charge < -0.3 is 10.2 Å². The van der Waals surface area contributed by atoms with E-state index < -0.39 is 0 Å². The highest BCUT2D eigenvalue weighted by Crippen LogP contribution is 2.25. The molecule has 2 fully saturated rings. The topological polar surface area (TPSA) is 61.4 Å². The highest BCUT2D eigenvalue weighted by molar-refractivity contribution is 7.98. The second-order valence-electron chi connectivity index (χ2n) is 5.28. The summed E-state index contributed by atoms with van der Waals surface area (Å²) in [5, 5.41) is 6.56. The predicted molar refractivity (Wildman–Crippen MR) is 76.9 cm³/mol. The van der Waals surface area contributed by atoms with Crippen LogP contribution in [0.2, 0.25) is 0 Å². The Morgan fingerprint density at radius 1 is 1.47 bits per heavy atom. The van der Waals surface area contributed by atoms with Crippen molar-refractivity contribution in [2.45, 2.75) is 44.3 Å². The van der Waals surface area contributed by atoms with Gasteiger partial charge in [0.25, 0.3) is 0 Å². The SMILES string of the molecule is CCC(=O)N1CCC2(CC1)NC(=O)C(CCSC)N2. The lowest BCUT2D eigenvalue weighted by Gasteiger charge is -2.39. The quantitative estimate of drug-likeness (QED) is 0.792. The van der Waals surface area contributed by atoms with Gasteiger partial charge >= 0.3 is 0 Å². The largest absolute Gasteiger partial charge is 0.342 e. The van der Waals surface area contributed by atoms with Gasteiger partial charge in [-0.3, -0.25) is 14.9 Å². The fraction of sp³-hybridized carbons (Fsp3) is 0.846. The number of nitrogens with one attached hydrogen (secondary N) is 2. The van der Waals surface area contributed by atoms with E-state index in [4.69, 9.17) is 0 Å². The van der Waals surface area contributed by atoms with E-state index >= 15 is 0 Å². The van der Waals surface area contributed by atoms with Gasteiger partial charge in [0, 0.05) is 32.4 Å². The molecule has 1 spiro atoms. The van der Waals surface area contributed by atoms with Gasteiger partial charge in [-0.05, 0) is 18.4 Å². The highest BCUT2D eigenvalue weighted by atomic mass is 32.2. The minimum absolute atomic E-state index is 0.0686. The van der Waals surface area contributed by atoms with Crippen molar-refractivity contribution in [2.75, 3.05) is 25.1 Å². The molecule has 0 saturated carbocycles. The molecule has 1 atom stereocenters. The van der Waals surface area contributed by atoms with Crippen LogP contribution in [0.5, 0.6) is 0 Å². The number of carbonyl (C=O) groups is 2. The molecule has 0 aromatic carbocycles. The third kappa shape index (κ3) is 3.23. The van der Waals surface area contributed by atoms with Crippen molar-refractivity contribution in [3.63, 3.8) is 0 Å². The van der Waals surface area contributed by atoms with Crippen LogP contribution in [-0.4, -0.2) is 53.5 Å².